The van der Waals surface area contributed by atoms with Gasteiger partial charge in [-0.2, -0.15) is 11.3 Å². The first-order valence-electron chi connectivity index (χ1n) is 5.29. The van der Waals surface area contributed by atoms with Gasteiger partial charge in [-0.25, -0.2) is 4.79 Å². The molecule has 1 aromatic heterocycles. The van der Waals surface area contributed by atoms with Crippen molar-refractivity contribution in [2.75, 3.05) is 6.54 Å². The lowest BCUT2D eigenvalue weighted by Gasteiger charge is -2.20. The van der Waals surface area contributed by atoms with Gasteiger partial charge in [-0.3, -0.25) is 4.79 Å². The van der Waals surface area contributed by atoms with E-state index in [1.165, 1.54) is 16.2 Å². The Hall–Kier alpha value is -1.40. The third-order valence-corrected chi connectivity index (χ3v) is 3.55. The number of hydrogen-bond acceptors (Lipinski definition) is 4. The number of nitrogens with zero attached hydrogens (tertiary/aromatic N) is 1. The highest BCUT2D eigenvalue weighted by atomic mass is 32.1. The summed E-state index contributed by atoms with van der Waals surface area (Å²) in [7, 11) is 0. The van der Waals surface area contributed by atoms with E-state index < -0.39 is 18.1 Å². The van der Waals surface area contributed by atoms with Crippen molar-refractivity contribution in [2.24, 2.45) is 0 Å². The van der Waals surface area contributed by atoms with E-state index in [9.17, 15) is 14.7 Å². The van der Waals surface area contributed by atoms with Gasteiger partial charge in [-0.05, 0) is 22.4 Å². The van der Waals surface area contributed by atoms with Crippen LogP contribution < -0.4 is 0 Å². The van der Waals surface area contributed by atoms with Gasteiger partial charge in [0.05, 0.1) is 12.5 Å². The van der Waals surface area contributed by atoms with Crippen LogP contribution in [-0.4, -0.2) is 45.7 Å². The second kappa shape index (κ2) is 4.85. The molecule has 2 rings (SSSR count). The SMILES string of the molecule is O=C(O)[C@@H]1C[C@H](O)CN1C(=O)Cc1ccsc1. The minimum absolute atomic E-state index is 0.111. The van der Waals surface area contributed by atoms with Crippen LogP contribution in [0.5, 0.6) is 0 Å². The van der Waals surface area contributed by atoms with Crippen LogP contribution in [0.3, 0.4) is 0 Å². The molecule has 92 valence electrons. The Morgan fingerprint density at radius 2 is 2.29 bits per heavy atom. The molecule has 1 saturated heterocycles. The molecule has 0 saturated carbocycles. The number of aliphatic hydroxyl groups excluding tert-OH is 1. The predicted octanol–water partition coefficient (Wildman–Crippen LogP) is 0.337. The summed E-state index contributed by atoms with van der Waals surface area (Å²) < 4.78 is 0. The molecule has 1 aliphatic heterocycles. The van der Waals surface area contributed by atoms with Crippen molar-refractivity contribution in [1.82, 2.24) is 4.90 Å². The van der Waals surface area contributed by atoms with Crippen LogP contribution in [0.25, 0.3) is 0 Å². The fourth-order valence-corrected chi connectivity index (χ4v) is 2.66. The number of carbonyl (C=O) groups is 2. The molecule has 0 aliphatic carbocycles. The number of aliphatic carboxylic acids is 1. The third kappa shape index (κ3) is 2.65. The lowest BCUT2D eigenvalue weighted by atomic mass is 10.2. The molecule has 0 spiro atoms. The topological polar surface area (TPSA) is 77.8 Å². The zero-order valence-corrected chi connectivity index (χ0v) is 9.89. The molecule has 0 radical (unpaired) electrons. The Kier molecular flexibility index (Phi) is 3.44. The number of carbonyl (C=O) groups excluding carboxylic acids is 1. The molecule has 17 heavy (non-hydrogen) atoms. The van der Waals surface area contributed by atoms with Crippen LogP contribution in [0.1, 0.15) is 12.0 Å². The van der Waals surface area contributed by atoms with Crippen LogP contribution in [-0.2, 0) is 16.0 Å². The summed E-state index contributed by atoms with van der Waals surface area (Å²) in [6, 6.07) is 0.946. The van der Waals surface area contributed by atoms with Crippen LogP contribution in [0.4, 0.5) is 0 Å². The van der Waals surface area contributed by atoms with E-state index in [1.54, 1.807) is 0 Å². The summed E-state index contributed by atoms with van der Waals surface area (Å²) >= 11 is 1.50. The van der Waals surface area contributed by atoms with Crippen molar-refractivity contribution in [3.8, 4) is 0 Å². The Morgan fingerprint density at radius 1 is 1.53 bits per heavy atom. The number of likely N-dealkylation sites (tertiary alicyclic amines) is 1. The standard InChI is InChI=1S/C11H13NO4S/c13-8-4-9(11(15)16)12(5-8)10(14)3-7-1-2-17-6-7/h1-2,6,8-9,13H,3-5H2,(H,15,16)/t8-,9-/m0/s1. The van der Waals surface area contributed by atoms with Gasteiger partial charge in [0.25, 0.3) is 0 Å². The highest BCUT2D eigenvalue weighted by Crippen LogP contribution is 2.20. The van der Waals surface area contributed by atoms with Crippen molar-refractivity contribution in [3.05, 3.63) is 22.4 Å². The van der Waals surface area contributed by atoms with Crippen molar-refractivity contribution in [1.29, 1.82) is 0 Å². The summed E-state index contributed by atoms with van der Waals surface area (Å²) in [6.07, 6.45) is -0.424. The largest absolute Gasteiger partial charge is 0.480 e. The number of rotatable bonds is 3. The Labute approximate surface area is 102 Å². The van der Waals surface area contributed by atoms with E-state index in [0.717, 1.165) is 5.56 Å². The van der Waals surface area contributed by atoms with Gasteiger partial charge >= 0.3 is 5.97 Å². The predicted molar refractivity (Wildman–Crippen MR) is 61.8 cm³/mol. The van der Waals surface area contributed by atoms with Gasteiger partial charge < -0.3 is 15.1 Å². The minimum atomic E-state index is -1.06. The Morgan fingerprint density at radius 3 is 2.88 bits per heavy atom. The van der Waals surface area contributed by atoms with E-state index in [4.69, 9.17) is 5.11 Å². The number of amides is 1. The fourth-order valence-electron chi connectivity index (χ4n) is 1.99. The van der Waals surface area contributed by atoms with Gasteiger partial charge in [0.2, 0.25) is 5.91 Å². The molecule has 1 aliphatic rings. The number of aliphatic hydroxyl groups is 1. The molecule has 2 atom stereocenters. The van der Waals surface area contributed by atoms with E-state index in [1.807, 2.05) is 16.8 Å². The summed E-state index contributed by atoms with van der Waals surface area (Å²) in [5, 5.41) is 22.1. The molecule has 1 fully saturated rings. The maximum atomic E-state index is 11.9. The Balaban J connectivity index is 2.05. The average molecular weight is 255 g/mol. The van der Waals surface area contributed by atoms with Crippen molar-refractivity contribution in [2.45, 2.75) is 25.0 Å². The first-order valence-corrected chi connectivity index (χ1v) is 6.23. The summed E-state index contributed by atoms with van der Waals surface area (Å²) in [6.45, 7) is 0.111. The number of carboxylic acids is 1. The smallest absolute Gasteiger partial charge is 0.326 e. The number of β-amino-alcohol motifs (C(OH)–C–C–N with tert-alkyl or cyclic N) is 1. The van der Waals surface area contributed by atoms with Gasteiger partial charge in [0.15, 0.2) is 0 Å². The highest BCUT2D eigenvalue weighted by molar-refractivity contribution is 7.07. The molecule has 1 aromatic rings. The molecule has 2 N–H and O–H groups in total. The lowest BCUT2D eigenvalue weighted by Crippen LogP contribution is -2.41. The number of thiophene rings is 1. The summed E-state index contributed by atoms with van der Waals surface area (Å²) in [4.78, 5) is 24.1. The first kappa shape index (κ1) is 12.1. The third-order valence-electron chi connectivity index (χ3n) is 2.82. The molecular weight excluding hydrogens is 242 g/mol. The average Bonchev–Trinajstić information content (AvgIpc) is 2.86. The zero-order chi connectivity index (χ0) is 12.4. The number of carboxylic acid groups (broad SMARTS) is 1. The molecule has 1 amide bonds. The zero-order valence-electron chi connectivity index (χ0n) is 9.07. The van der Waals surface area contributed by atoms with Gasteiger partial charge in [-0.15, -0.1) is 0 Å². The molecule has 2 heterocycles. The molecule has 0 unspecified atom stereocenters. The van der Waals surface area contributed by atoms with Crippen molar-refractivity contribution < 1.29 is 19.8 Å². The Bertz CT molecular complexity index is 417. The summed E-state index contributed by atoms with van der Waals surface area (Å²) in [5.74, 6) is -1.30. The van der Waals surface area contributed by atoms with E-state index in [0.29, 0.717) is 0 Å². The molecule has 0 bridgehead atoms. The van der Waals surface area contributed by atoms with Crippen molar-refractivity contribution in [3.63, 3.8) is 0 Å². The molecule has 0 aromatic carbocycles. The fraction of sp³-hybridized carbons (Fsp3) is 0.455. The molecule has 6 heteroatoms. The second-order valence-corrected chi connectivity index (χ2v) is 4.88. The highest BCUT2D eigenvalue weighted by Gasteiger charge is 2.38. The minimum Gasteiger partial charge on any atom is -0.480 e. The number of hydrogen-bond donors (Lipinski definition) is 2. The van der Waals surface area contributed by atoms with Crippen LogP contribution in [0.2, 0.25) is 0 Å². The normalized spacial score (nSPS) is 23.9. The maximum Gasteiger partial charge on any atom is 0.326 e. The first-order chi connectivity index (χ1) is 8.08. The van der Waals surface area contributed by atoms with Gasteiger partial charge in [0, 0.05) is 13.0 Å². The van der Waals surface area contributed by atoms with Gasteiger partial charge in [-0.1, -0.05) is 0 Å². The summed E-state index contributed by atoms with van der Waals surface area (Å²) in [5.41, 5.74) is 0.880. The second-order valence-electron chi connectivity index (χ2n) is 4.10. The molecule has 5 nitrogen and oxygen atoms in total. The quantitative estimate of drug-likeness (QED) is 0.816. The van der Waals surface area contributed by atoms with Crippen LogP contribution in [0.15, 0.2) is 16.8 Å². The van der Waals surface area contributed by atoms with Gasteiger partial charge in [0.1, 0.15) is 6.04 Å². The van der Waals surface area contributed by atoms with Crippen LogP contribution in [0, 0.1) is 0 Å². The van der Waals surface area contributed by atoms with E-state index in [2.05, 4.69) is 0 Å². The molecular formula is C11H13NO4S. The maximum absolute atomic E-state index is 11.9. The van der Waals surface area contributed by atoms with Crippen LogP contribution >= 0.6 is 11.3 Å². The lowest BCUT2D eigenvalue weighted by molar-refractivity contribution is -0.148. The van der Waals surface area contributed by atoms with E-state index in [-0.39, 0.29) is 25.3 Å². The van der Waals surface area contributed by atoms with E-state index >= 15 is 0 Å². The van der Waals surface area contributed by atoms with Crippen molar-refractivity contribution >= 4 is 23.2 Å². The monoisotopic (exact) mass is 255 g/mol.